The van der Waals surface area contributed by atoms with Crippen molar-refractivity contribution >= 4 is 17.5 Å². The average molecular weight is 323 g/mol. The van der Waals surface area contributed by atoms with Crippen molar-refractivity contribution in [1.82, 2.24) is 10.6 Å². The molecule has 0 unspecified atom stereocenters. The molecule has 1 aliphatic rings. The second-order valence-electron chi connectivity index (χ2n) is 6.04. The Hall–Kier alpha value is -2.66. The molecule has 0 aromatic heterocycles. The maximum absolute atomic E-state index is 12.3. The number of amides is 2. The molecular formula is C19H21N3O2. The zero-order chi connectivity index (χ0) is 16.9. The summed E-state index contributed by atoms with van der Waals surface area (Å²) in [6.45, 7) is 2.60. The normalized spacial score (nSPS) is 16.1. The highest BCUT2D eigenvalue weighted by Gasteiger charge is 2.23. The number of anilines is 1. The Balaban J connectivity index is 1.50. The van der Waals surface area contributed by atoms with Crippen molar-refractivity contribution in [2.45, 2.75) is 25.9 Å². The molecule has 0 saturated carbocycles. The van der Waals surface area contributed by atoms with Crippen LogP contribution in [0.1, 0.15) is 16.7 Å². The van der Waals surface area contributed by atoms with E-state index in [1.54, 1.807) is 0 Å². The van der Waals surface area contributed by atoms with Crippen molar-refractivity contribution in [2.24, 2.45) is 0 Å². The number of hydrogen-bond acceptors (Lipinski definition) is 3. The van der Waals surface area contributed by atoms with E-state index in [2.05, 4.69) is 22.0 Å². The van der Waals surface area contributed by atoms with Crippen molar-refractivity contribution in [3.63, 3.8) is 0 Å². The minimum Gasteiger partial charge on any atom is -0.346 e. The molecule has 5 nitrogen and oxygen atoms in total. The number of carbonyl (C=O) groups is 2. The smallest absolute Gasteiger partial charge is 0.243 e. The Kier molecular flexibility index (Phi) is 4.91. The summed E-state index contributed by atoms with van der Waals surface area (Å²) in [5.41, 5.74) is 4.21. The molecule has 1 aliphatic heterocycles. The summed E-state index contributed by atoms with van der Waals surface area (Å²) < 4.78 is 0. The number of rotatable bonds is 4. The van der Waals surface area contributed by atoms with Crippen molar-refractivity contribution in [3.05, 3.63) is 65.2 Å². The number of fused-ring (bicyclic) bond motifs is 1. The zero-order valence-corrected chi connectivity index (χ0v) is 13.6. The minimum atomic E-state index is -0.299. The minimum absolute atomic E-state index is 0.0351. The van der Waals surface area contributed by atoms with E-state index >= 15 is 0 Å². The van der Waals surface area contributed by atoms with Crippen LogP contribution in [0, 0.1) is 6.92 Å². The third-order valence-corrected chi connectivity index (χ3v) is 4.12. The van der Waals surface area contributed by atoms with Gasteiger partial charge in [-0.1, -0.05) is 36.4 Å². The second kappa shape index (κ2) is 7.27. The highest BCUT2D eigenvalue weighted by Crippen LogP contribution is 2.16. The predicted octanol–water partition coefficient (Wildman–Crippen LogP) is 1.76. The van der Waals surface area contributed by atoms with E-state index in [4.69, 9.17) is 0 Å². The summed E-state index contributed by atoms with van der Waals surface area (Å²) in [4.78, 5) is 24.2. The van der Waals surface area contributed by atoms with Gasteiger partial charge in [0.2, 0.25) is 11.8 Å². The standard InChI is InChI=1S/C19H21N3O2/c1-13-5-4-8-16(9-13)22-18(23)12-21-19(24)17-10-14-6-2-3-7-15(14)11-20-17/h2-9,17,20H,10-12H2,1H3,(H,21,24)(H,22,23)/t17-/m0/s1. The van der Waals surface area contributed by atoms with Crippen molar-refractivity contribution < 1.29 is 9.59 Å². The van der Waals surface area contributed by atoms with E-state index in [1.165, 1.54) is 11.1 Å². The van der Waals surface area contributed by atoms with Crippen LogP contribution in [0.2, 0.25) is 0 Å². The summed E-state index contributed by atoms with van der Waals surface area (Å²) in [5, 5.41) is 8.70. The van der Waals surface area contributed by atoms with Gasteiger partial charge in [-0.2, -0.15) is 0 Å². The monoisotopic (exact) mass is 323 g/mol. The maximum atomic E-state index is 12.3. The van der Waals surface area contributed by atoms with Crippen LogP contribution in [-0.2, 0) is 22.6 Å². The van der Waals surface area contributed by atoms with Gasteiger partial charge in [0.25, 0.3) is 0 Å². The summed E-state index contributed by atoms with van der Waals surface area (Å²) in [7, 11) is 0. The number of nitrogens with one attached hydrogen (secondary N) is 3. The predicted molar refractivity (Wildman–Crippen MR) is 93.6 cm³/mol. The van der Waals surface area contributed by atoms with E-state index in [-0.39, 0.29) is 24.4 Å². The first-order valence-electron chi connectivity index (χ1n) is 8.06. The van der Waals surface area contributed by atoms with Gasteiger partial charge in [-0.15, -0.1) is 0 Å². The third-order valence-electron chi connectivity index (χ3n) is 4.12. The number of carbonyl (C=O) groups excluding carboxylic acids is 2. The van der Waals surface area contributed by atoms with E-state index in [1.807, 2.05) is 49.4 Å². The lowest BCUT2D eigenvalue weighted by molar-refractivity contribution is -0.125. The van der Waals surface area contributed by atoms with Crippen LogP contribution in [-0.4, -0.2) is 24.4 Å². The number of aryl methyl sites for hydroxylation is 1. The molecule has 24 heavy (non-hydrogen) atoms. The van der Waals surface area contributed by atoms with Gasteiger partial charge in [0.05, 0.1) is 12.6 Å². The average Bonchev–Trinajstić information content (AvgIpc) is 2.59. The van der Waals surface area contributed by atoms with Gasteiger partial charge in [-0.05, 0) is 42.2 Å². The molecule has 3 rings (SSSR count). The van der Waals surface area contributed by atoms with Crippen molar-refractivity contribution in [3.8, 4) is 0 Å². The summed E-state index contributed by atoms with van der Waals surface area (Å²) in [6, 6.07) is 15.3. The zero-order valence-electron chi connectivity index (χ0n) is 13.6. The molecule has 0 bridgehead atoms. The molecule has 0 aliphatic carbocycles. The lowest BCUT2D eigenvalue weighted by Crippen LogP contribution is -2.49. The SMILES string of the molecule is Cc1cccc(NC(=O)CNC(=O)[C@@H]2Cc3ccccc3CN2)c1. The molecule has 5 heteroatoms. The van der Waals surface area contributed by atoms with Crippen molar-refractivity contribution in [1.29, 1.82) is 0 Å². The van der Waals surface area contributed by atoms with Gasteiger partial charge in [0, 0.05) is 12.2 Å². The topological polar surface area (TPSA) is 70.2 Å². The Morgan fingerprint density at radius 1 is 1.12 bits per heavy atom. The fourth-order valence-corrected chi connectivity index (χ4v) is 2.86. The molecule has 0 saturated heterocycles. The Bertz CT molecular complexity index is 758. The molecule has 124 valence electrons. The van der Waals surface area contributed by atoms with Crippen LogP contribution >= 0.6 is 0 Å². The van der Waals surface area contributed by atoms with Gasteiger partial charge >= 0.3 is 0 Å². The van der Waals surface area contributed by atoms with Gasteiger partial charge in [0.1, 0.15) is 0 Å². The molecule has 2 aromatic carbocycles. The fourth-order valence-electron chi connectivity index (χ4n) is 2.86. The van der Waals surface area contributed by atoms with Gasteiger partial charge < -0.3 is 16.0 Å². The summed E-state index contributed by atoms with van der Waals surface area (Å²) >= 11 is 0. The van der Waals surface area contributed by atoms with Gasteiger partial charge in [-0.3, -0.25) is 9.59 Å². The lowest BCUT2D eigenvalue weighted by Gasteiger charge is -2.25. The van der Waals surface area contributed by atoms with Crippen LogP contribution in [0.15, 0.2) is 48.5 Å². The van der Waals surface area contributed by atoms with Gasteiger partial charge in [0.15, 0.2) is 0 Å². The molecule has 1 atom stereocenters. The molecule has 1 heterocycles. The van der Waals surface area contributed by atoms with Gasteiger partial charge in [-0.25, -0.2) is 0 Å². The second-order valence-corrected chi connectivity index (χ2v) is 6.04. The largest absolute Gasteiger partial charge is 0.346 e. The highest BCUT2D eigenvalue weighted by molar-refractivity contribution is 5.95. The van der Waals surface area contributed by atoms with Crippen LogP contribution in [0.25, 0.3) is 0 Å². The first kappa shape index (κ1) is 16.2. The van der Waals surface area contributed by atoms with Crippen LogP contribution in [0.4, 0.5) is 5.69 Å². The molecule has 2 aromatic rings. The first-order chi connectivity index (χ1) is 11.6. The van der Waals surface area contributed by atoms with E-state index < -0.39 is 0 Å². The molecular weight excluding hydrogens is 302 g/mol. The van der Waals surface area contributed by atoms with E-state index in [0.717, 1.165) is 11.3 Å². The number of hydrogen-bond donors (Lipinski definition) is 3. The van der Waals surface area contributed by atoms with Crippen molar-refractivity contribution in [2.75, 3.05) is 11.9 Å². The molecule has 0 radical (unpaired) electrons. The molecule has 0 fully saturated rings. The van der Waals surface area contributed by atoms with E-state index in [9.17, 15) is 9.59 Å². The lowest BCUT2D eigenvalue weighted by atomic mass is 9.95. The maximum Gasteiger partial charge on any atom is 0.243 e. The molecule has 2 amide bonds. The van der Waals surface area contributed by atoms with Crippen LogP contribution in [0.5, 0.6) is 0 Å². The Morgan fingerprint density at radius 2 is 1.92 bits per heavy atom. The fraction of sp³-hybridized carbons (Fsp3) is 0.263. The Morgan fingerprint density at radius 3 is 2.71 bits per heavy atom. The van der Waals surface area contributed by atoms with Crippen LogP contribution in [0.3, 0.4) is 0 Å². The number of benzene rings is 2. The molecule has 0 spiro atoms. The molecule has 3 N–H and O–H groups in total. The Labute approximate surface area is 141 Å². The summed E-state index contributed by atoms with van der Waals surface area (Å²) in [6.07, 6.45) is 0.640. The third kappa shape index (κ3) is 4.00. The first-order valence-corrected chi connectivity index (χ1v) is 8.06. The summed E-state index contributed by atoms with van der Waals surface area (Å²) in [5.74, 6) is -0.381. The quantitative estimate of drug-likeness (QED) is 0.803. The van der Waals surface area contributed by atoms with Crippen LogP contribution < -0.4 is 16.0 Å². The highest BCUT2D eigenvalue weighted by atomic mass is 16.2. The van der Waals surface area contributed by atoms with E-state index in [0.29, 0.717) is 13.0 Å².